The van der Waals surface area contributed by atoms with Gasteiger partial charge in [-0.05, 0) is 62.2 Å². The average molecular weight is 420 g/mol. The maximum atomic E-state index is 12.6. The fourth-order valence-corrected chi connectivity index (χ4v) is 3.12. The second-order valence-electron chi connectivity index (χ2n) is 6.00. The first-order valence-electron chi connectivity index (χ1n) is 8.74. The van der Waals surface area contributed by atoms with Crippen molar-refractivity contribution in [1.82, 2.24) is 0 Å². The molecule has 138 valence electrons. The number of anilines is 1. The normalized spacial score (nSPS) is 16.3. The lowest BCUT2D eigenvalue weighted by Crippen LogP contribution is -2.16. The van der Waals surface area contributed by atoms with E-state index in [-0.39, 0.29) is 12.0 Å². The van der Waals surface area contributed by atoms with Crippen LogP contribution >= 0.6 is 15.9 Å². The largest absolute Gasteiger partial charge is 0.493 e. The van der Waals surface area contributed by atoms with Crippen LogP contribution in [0.4, 0.5) is 5.69 Å². The van der Waals surface area contributed by atoms with Crippen molar-refractivity contribution >= 4 is 27.5 Å². The summed E-state index contributed by atoms with van der Waals surface area (Å²) in [5.74, 6) is 1.10. The third-order valence-corrected chi connectivity index (χ3v) is 4.55. The standard InChI is InChI=1S/C20H22BrNO4/c1-2-24-19-10-5-14(21)12-18(19)20(23)22-15-6-8-16(9-7-15)26-13-17-4-3-11-25-17/h5-10,12,17H,2-4,11,13H2,1H3,(H,22,23). The molecule has 1 aliphatic rings. The number of carbonyl (C=O) groups excluding carboxylic acids is 1. The molecule has 1 fully saturated rings. The van der Waals surface area contributed by atoms with Crippen LogP contribution in [0.5, 0.6) is 11.5 Å². The maximum absolute atomic E-state index is 12.6. The lowest BCUT2D eigenvalue weighted by molar-refractivity contribution is 0.0679. The lowest BCUT2D eigenvalue weighted by Gasteiger charge is -2.13. The number of rotatable bonds is 7. The smallest absolute Gasteiger partial charge is 0.259 e. The summed E-state index contributed by atoms with van der Waals surface area (Å²) in [4.78, 5) is 12.6. The Morgan fingerprint density at radius 2 is 2.04 bits per heavy atom. The van der Waals surface area contributed by atoms with E-state index < -0.39 is 0 Å². The molecule has 0 aromatic heterocycles. The van der Waals surface area contributed by atoms with E-state index in [1.807, 2.05) is 37.3 Å². The summed E-state index contributed by atoms with van der Waals surface area (Å²) in [5, 5.41) is 2.89. The van der Waals surface area contributed by atoms with Gasteiger partial charge in [0.2, 0.25) is 0 Å². The van der Waals surface area contributed by atoms with Gasteiger partial charge in [-0.1, -0.05) is 15.9 Å². The molecule has 1 atom stereocenters. The van der Waals surface area contributed by atoms with Crippen LogP contribution in [0.25, 0.3) is 0 Å². The highest BCUT2D eigenvalue weighted by molar-refractivity contribution is 9.10. The van der Waals surface area contributed by atoms with Crippen molar-refractivity contribution in [3.63, 3.8) is 0 Å². The van der Waals surface area contributed by atoms with Gasteiger partial charge in [0.15, 0.2) is 0 Å². The highest BCUT2D eigenvalue weighted by atomic mass is 79.9. The molecule has 1 aliphatic heterocycles. The van der Waals surface area contributed by atoms with E-state index >= 15 is 0 Å². The van der Waals surface area contributed by atoms with E-state index in [0.717, 1.165) is 29.7 Å². The van der Waals surface area contributed by atoms with Crippen molar-refractivity contribution in [2.24, 2.45) is 0 Å². The fraction of sp³-hybridized carbons (Fsp3) is 0.350. The maximum Gasteiger partial charge on any atom is 0.259 e. The first-order chi connectivity index (χ1) is 12.7. The number of carbonyl (C=O) groups is 1. The van der Waals surface area contributed by atoms with Gasteiger partial charge in [0, 0.05) is 16.8 Å². The highest BCUT2D eigenvalue weighted by Crippen LogP contribution is 2.25. The van der Waals surface area contributed by atoms with Crippen LogP contribution in [0.1, 0.15) is 30.1 Å². The molecular formula is C20H22BrNO4. The second-order valence-corrected chi connectivity index (χ2v) is 6.91. The molecule has 6 heteroatoms. The monoisotopic (exact) mass is 419 g/mol. The van der Waals surface area contributed by atoms with Gasteiger partial charge in [0.1, 0.15) is 18.1 Å². The Labute approximate surface area is 161 Å². The topological polar surface area (TPSA) is 56.8 Å². The molecule has 1 amide bonds. The van der Waals surface area contributed by atoms with Gasteiger partial charge < -0.3 is 19.5 Å². The molecule has 0 bridgehead atoms. The Morgan fingerprint density at radius 1 is 1.23 bits per heavy atom. The first-order valence-corrected chi connectivity index (χ1v) is 9.53. The van der Waals surface area contributed by atoms with Crippen molar-refractivity contribution in [2.45, 2.75) is 25.9 Å². The molecule has 0 aliphatic carbocycles. The predicted molar refractivity (Wildman–Crippen MR) is 104 cm³/mol. The van der Waals surface area contributed by atoms with Crippen LogP contribution < -0.4 is 14.8 Å². The van der Waals surface area contributed by atoms with Crippen LogP contribution in [0.15, 0.2) is 46.9 Å². The zero-order valence-electron chi connectivity index (χ0n) is 14.7. The van der Waals surface area contributed by atoms with Gasteiger partial charge in [0.05, 0.1) is 18.3 Å². The van der Waals surface area contributed by atoms with Crippen molar-refractivity contribution in [2.75, 3.05) is 25.1 Å². The summed E-state index contributed by atoms with van der Waals surface area (Å²) in [7, 11) is 0. The average Bonchev–Trinajstić information content (AvgIpc) is 3.16. The minimum atomic E-state index is -0.220. The van der Waals surface area contributed by atoms with Gasteiger partial charge in [0.25, 0.3) is 5.91 Å². The van der Waals surface area contributed by atoms with Gasteiger partial charge in [-0.2, -0.15) is 0 Å². The van der Waals surface area contributed by atoms with Crippen molar-refractivity contribution in [3.05, 3.63) is 52.5 Å². The zero-order chi connectivity index (χ0) is 18.4. The van der Waals surface area contributed by atoms with Crippen molar-refractivity contribution < 1.29 is 19.0 Å². The van der Waals surface area contributed by atoms with Gasteiger partial charge in [-0.3, -0.25) is 4.79 Å². The number of hydrogen-bond acceptors (Lipinski definition) is 4. The number of hydrogen-bond donors (Lipinski definition) is 1. The van der Waals surface area contributed by atoms with E-state index in [4.69, 9.17) is 14.2 Å². The summed E-state index contributed by atoms with van der Waals surface area (Å²) >= 11 is 3.39. The minimum absolute atomic E-state index is 0.183. The summed E-state index contributed by atoms with van der Waals surface area (Å²) in [5.41, 5.74) is 1.18. The molecule has 26 heavy (non-hydrogen) atoms. The quantitative estimate of drug-likeness (QED) is 0.708. The molecule has 0 spiro atoms. The molecule has 1 saturated heterocycles. The van der Waals surface area contributed by atoms with Crippen molar-refractivity contribution in [3.8, 4) is 11.5 Å². The van der Waals surface area contributed by atoms with Crippen LogP contribution in [-0.4, -0.2) is 31.8 Å². The van der Waals surface area contributed by atoms with Crippen LogP contribution in [0, 0.1) is 0 Å². The molecule has 5 nitrogen and oxygen atoms in total. The Balaban J connectivity index is 1.61. The molecule has 0 saturated carbocycles. The van der Waals surface area contributed by atoms with Gasteiger partial charge in [-0.25, -0.2) is 0 Å². The van der Waals surface area contributed by atoms with E-state index in [9.17, 15) is 4.79 Å². The van der Waals surface area contributed by atoms with E-state index in [1.54, 1.807) is 12.1 Å². The summed E-state index contributed by atoms with van der Waals surface area (Å²) < 4.78 is 17.6. The highest BCUT2D eigenvalue weighted by Gasteiger charge is 2.16. The second kappa shape index (κ2) is 9.05. The van der Waals surface area contributed by atoms with Gasteiger partial charge >= 0.3 is 0 Å². The lowest BCUT2D eigenvalue weighted by atomic mass is 10.2. The van der Waals surface area contributed by atoms with E-state index in [0.29, 0.717) is 30.2 Å². The summed E-state index contributed by atoms with van der Waals surface area (Å²) in [6.07, 6.45) is 2.32. The Morgan fingerprint density at radius 3 is 2.73 bits per heavy atom. The van der Waals surface area contributed by atoms with Crippen LogP contribution in [-0.2, 0) is 4.74 Å². The molecule has 2 aromatic carbocycles. The molecule has 1 unspecified atom stereocenters. The number of halogens is 1. The predicted octanol–water partition coefficient (Wildman–Crippen LogP) is 4.66. The number of nitrogens with one attached hydrogen (secondary N) is 1. The SMILES string of the molecule is CCOc1ccc(Br)cc1C(=O)Nc1ccc(OCC2CCCO2)cc1. The molecule has 1 heterocycles. The fourth-order valence-electron chi connectivity index (χ4n) is 2.76. The molecule has 1 N–H and O–H groups in total. The zero-order valence-corrected chi connectivity index (χ0v) is 16.3. The molecule has 0 radical (unpaired) electrons. The molecular weight excluding hydrogens is 398 g/mol. The Hall–Kier alpha value is -2.05. The Bertz CT molecular complexity index is 742. The molecule has 3 rings (SSSR count). The number of benzene rings is 2. The number of ether oxygens (including phenoxy) is 3. The minimum Gasteiger partial charge on any atom is -0.493 e. The van der Waals surface area contributed by atoms with Gasteiger partial charge in [-0.15, -0.1) is 0 Å². The van der Waals surface area contributed by atoms with E-state index in [2.05, 4.69) is 21.2 Å². The van der Waals surface area contributed by atoms with E-state index in [1.165, 1.54) is 0 Å². The summed E-state index contributed by atoms with van der Waals surface area (Å²) in [6.45, 7) is 3.76. The molecule has 2 aromatic rings. The van der Waals surface area contributed by atoms with Crippen LogP contribution in [0.3, 0.4) is 0 Å². The van der Waals surface area contributed by atoms with Crippen LogP contribution in [0.2, 0.25) is 0 Å². The van der Waals surface area contributed by atoms with Crippen molar-refractivity contribution in [1.29, 1.82) is 0 Å². The number of amides is 1. The summed E-state index contributed by atoms with van der Waals surface area (Å²) in [6, 6.07) is 12.7. The third-order valence-electron chi connectivity index (χ3n) is 4.06. The third kappa shape index (κ3) is 4.99. The first kappa shape index (κ1) is 18.7. The Kier molecular flexibility index (Phi) is 6.52.